The molecule has 5 nitrogen and oxygen atoms in total. The second-order valence-corrected chi connectivity index (χ2v) is 3.24. The van der Waals surface area contributed by atoms with Crippen LogP contribution in [0.3, 0.4) is 0 Å². The maximum atomic E-state index is 10.9. The Labute approximate surface area is 88.6 Å². The number of carboxylic acids is 2. The number of carboxylic acid groups (broad SMARTS) is 2. The van der Waals surface area contributed by atoms with E-state index in [-0.39, 0.29) is 12.0 Å². The van der Waals surface area contributed by atoms with E-state index in [0.29, 0.717) is 12.8 Å². The van der Waals surface area contributed by atoms with Crippen molar-refractivity contribution in [2.24, 2.45) is 5.73 Å². The molecule has 0 spiro atoms. The molecular formula is C10H17NO4. The molecule has 0 aliphatic carbocycles. The van der Waals surface area contributed by atoms with Gasteiger partial charge in [-0.3, -0.25) is 4.79 Å². The fourth-order valence-corrected chi connectivity index (χ4v) is 1.37. The number of allylic oxidation sites excluding steroid dienone is 1. The van der Waals surface area contributed by atoms with Crippen molar-refractivity contribution >= 4 is 11.9 Å². The molecule has 0 bridgehead atoms. The number of carbonyl (C=O) groups is 2. The third kappa shape index (κ3) is 4.12. The van der Waals surface area contributed by atoms with Crippen LogP contribution in [0.1, 0.15) is 33.1 Å². The third-order valence-electron chi connectivity index (χ3n) is 2.28. The van der Waals surface area contributed by atoms with Gasteiger partial charge in [-0.1, -0.05) is 19.4 Å². The molecule has 1 atom stereocenters. The summed E-state index contributed by atoms with van der Waals surface area (Å²) >= 11 is 0. The maximum absolute atomic E-state index is 10.9. The lowest BCUT2D eigenvalue weighted by Gasteiger charge is -2.11. The summed E-state index contributed by atoms with van der Waals surface area (Å²) in [6, 6.07) is -1.15. The van der Waals surface area contributed by atoms with Crippen molar-refractivity contribution in [3.63, 3.8) is 0 Å². The Morgan fingerprint density at radius 2 is 1.67 bits per heavy atom. The van der Waals surface area contributed by atoms with E-state index in [1.54, 1.807) is 0 Å². The zero-order valence-corrected chi connectivity index (χ0v) is 8.99. The Balaban J connectivity index is 4.91. The highest BCUT2D eigenvalue weighted by Crippen LogP contribution is 2.17. The lowest BCUT2D eigenvalue weighted by atomic mass is 9.97. The SMILES string of the molecule is CCC(CC)=C(C[C@H](N)C(=O)O)C(=O)O. The van der Waals surface area contributed by atoms with Gasteiger partial charge in [-0.25, -0.2) is 4.79 Å². The fraction of sp³-hybridized carbons (Fsp3) is 0.600. The summed E-state index contributed by atoms with van der Waals surface area (Å²) < 4.78 is 0. The van der Waals surface area contributed by atoms with Gasteiger partial charge in [0.2, 0.25) is 0 Å². The molecule has 0 rings (SSSR count). The van der Waals surface area contributed by atoms with Crippen LogP contribution < -0.4 is 5.73 Å². The molecule has 0 aromatic carbocycles. The minimum absolute atomic E-state index is 0.123. The summed E-state index contributed by atoms with van der Waals surface area (Å²) in [7, 11) is 0. The van der Waals surface area contributed by atoms with Gasteiger partial charge >= 0.3 is 11.9 Å². The Kier molecular flexibility index (Phi) is 5.62. The van der Waals surface area contributed by atoms with Gasteiger partial charge in [-0.15, -0.1) is 0 Å². The summed E-state index contributed by atoms with van der Waals surface area (Å²) in [5.74, 6) is -2.26. The van der Waals surface area contributed by atoms with Gasteiger partial charge in [0, 0.05) is 12.0 Å². The average molecular weight is 215 g/mol. The van der Waals surface area contributed by atoms with E-state index in [0.717, 1.165) is 5.57 Å². The summed E-state index contributed by atoms with van der Waals surface area (Å²) in [6.07, 6.45) is 1.08. The highest BCUT2D eigenvalue weighted by Gasteiger charge is 2.20. The molecule has 0 unspecified atom stereocenters. The van der Waals surface area contributed by atoms with Crippen LogP contribution in [0.5, 0.6) is 0 Å². The predicted octanol–water partition coefficient (Wildman–Crippen LogP) is 0.990. The van der Waals surface area contributed by atoms with Crippen molar-refractivity contribution in [2.45, 2.75) is 39.2 Å². The van der Waals surface area contributed by atoms with Crippen molar-refractivity contribution < 1.29 is 19.8 Å². The molecule has 0 aromatic rings. The van der Waals surface area contributed by atoms with Crippen molar-refractivity contribution in [1.29, 1.82) is 0 Å². The number of hydrogen-bond acceptors (Lipinski definition) is 3. The summed E-state index contributed by atoms with van der Waals surface area (Å²) in [5.41, 5.74) is 6.19. The lowest BCUT2D eigenvalue weighted by molar-refractivity contribution is -0.138. The molecular weight excluding hydrogens is 198 g/mol. The molecule has 0 heterocycles. The van der Waals surface area contributed by atoms with E-state index in [1.807, 2.05) is 13.8 Å². The first-order valence-electron chi connectivity index (χ1n) is 4.86. The van der Waals surface area contributed by atoms with Gasteiger partial charge in [0.25, 0.3) is 0 Å². The minimum Gasteiger partial charge on any atom is -0.480 e. The van der Waals surface area contributed by atoms with E-state index in [9.17, 15) is 9.59 Å². The minimum atomic E-state index is -1.18. The summed E-state index contributed by atoms with van der Waals surface area (Å²) in [5, 5.41) is 17.5. The molecule has 0 saturated carbocycles. The van der Waals surface area contributed by atoms with Gasteiger partial charge in [0.05, 0.1) is 0 Å². The number of hydrogen-bond donors (Lipinski definition) is 3. The third-order valence-corrected chi connectivity index (χ3v) is 2.28. The first kappa shape index (κ1) is 13.6. The predicted molar refractivity (Wildman–Crippen MR) is 55.5 cm³/mol. The zero-order chi connectivity index (χ0) is 12.0. The standard InChI is InChI=1S/C10H17NO4/c1-3-6(4-2)7(9(12)13)5-8(11)10(14)15/h8H,3-5,11H2,1-2H3,(H,12,13)(H,14,15)/t8-/m0/s1. The molecule has 0 aliphatic rings. The lowest BCUT2D eigenvalue weighted by Crippen LogP contribution is -2.31. The van der Waals surface area contributed by atoms with Crippen molar-refractivity contribution in [3.05, 3.63) is 11.1 Å². The molecule has 0 radical (unpaired) electrons. The van der Waals surface area contributed by atoms with Gasteiger partial charge in [-0.2, -0.15) is 0 Å². The van der Waals surface area contributed by atoms with Gasteiger partial charge < -0.3 is 15.9 Å². The molecule has 4 N–H and O–H groups in total. The fourth-order valence-electron chi connectivity index (χ4n) is 1.37. The molecule has 0 aliphatic heterocycles. The molecule has 0 amide bonds. The Hall–Kier alpha value is -1.36. The van der Waals surface area contributed by atoms with Crippen LogP contribution >= 0.6 is 0 Å². The topological polar surface area (TPSA) is 101 Å². The van der Waals surface area contributed by atoms with Crippen molar-refractivity contribution in [2.75, 3.05) is 0 Å². The van der Waals surface area contributed by atoms with E-state index < -0.39 is 18.0 Å². The normalized spacial score (nSPS) is 11.9. The first-order valence-corrected chi connectivity index (χ1v) is 4.86. The van der Waals surface area contributed by atoms with Crippen molar-refractivity contribution in [1.82, 2.24) is 0 Å². The number of aliphatic carboxylic acids is 2. The highest BCUT2D eigenvalue weighted by molar-refractivity contribution is 5.89. The molecule has 15 heavy (non-hydrogen) atoms. The smallest absolute Gasteiger partial charge is 0.331 e. The summed E-state index contributed by atoms with van der Waals surface area (Å²) in [4.78, 5) is 21.4. The van der Waals surface area contributed by atoms with E-state index >= 15 is 0 Å². The van der Waals surface area contributed by atoms with Crippen LogP contribution in [0, 0.1) is 0 Å². The van der Waals surface area contributed by atoms with Crippen LogP contribution in [-0.2, 0) is 9.59 Å². The summed E-state index contributed by atoms with van der Waals surface area (Å²) in [6.45, 7) is 3.68. The van der Waals surface area contributed by atoms with Crippen LogP contribution in [-0.4, -0.2) is 28.2 Å². The quantitative estimate of drug-likeness (QED) is 0.573. The average Bonchev–Trinajstić information content (AvgIpc) is 2.17. The second kappa shape index (κ2) is 6.19. The van der Waals surface area contributed by atoms with E-state index in [1.165, 1.54) is 0 Å². The Morgan fingerprint density at radius 1 is 1.20 bits per heavy atom. The molecule has 0 aromatic heterocycles. The second-order valence-electron chi connectivity index (χ2n) is 3.24. The zero-order valence-electron chi connectivity index (χ0n) is 8.99. The largest absolute Gasteiger partial charge is 0.480 e. The monoisotopic (exact) mass is 215 g/mol. The van der Waals surface area contributed by atoms with Crippen LogP contribution in [0.4, 0.5) is 0 Å². The molecule has 86 valence electrons. The molecule has 0 saturated heterocycles. The van der Waals surface area contributed by atoms with E-state index in [2.05, 4.69) is 0 Å². The molecule has 0 fully saturated rings. The van der Waals surface area contributed by atoms with Crippen molar-refractivity contribution in [3.8, 4) is 0 Å². The first-order chi connectivity index (χ1) is 6.93. The Bertz CT molecular complexity index is 277. The van der Waals surface area contributed by atoms with Crippen LogP contribution in [0.2, 0.25) is 0 Å². The van der Waals surface area contributed by atoms with Gasteiger partial charge in [-0.05, 0) is 12.8 Å². The van der Waals surface area contributed by atoms with Gasteiger partial charge in [0.15, 0.2) is 0 Å². The van der Waals surface area contributed by atoms with Crippen LogP contribution in [0.25, 0.3) is 0 Å². The molecule has 5 heteroatoms. The highest BCUT2D eigenvalue weighted by atomic mass is 16.4. The van der Waals surface area contributed by atoms with E-state index in [4.69, 9.17) is 15.9 Å². The number of nitrogens with two attached hydrogens (primary N) is 1. The van der Waals surface area contributed by atoms with Gasteiger partial charge in [0.1, 0.15) is 6.04 Å². The maximum Gasteiger partial charge on any atom is 0.331 e. The van der Waals surface area contributed by atoms with Crippen LogP contribution in [0.15, 0.2) is 11.1 Å². The Morgan fingerprint density at radius 3 is 1.93 bits per heavy atom. The number of rotatable bonds is 6.